The number of hydrogen-bond donors (Lipinski definition) is 1. The predicted octanol–water partition coefficient (Wildman–Crippen LogP) is 5.64. The van der Waals surface area contributed by atoms with E-state index in [0.717, 1.165) is 0 Å². The molecule has 0 aliphatic heterocycles. The Balaban J connectivity index is 1.71. The van der Waals surface area contributed by atoms with E-state index in [1.54, 1.807) is 36.4 Å². The zero-order valence-electron chi connectivity index (χ0n) is 16.1. The molecule has 6 nitrogen and oxygen atoms in total. The van der Waals surface area contributed by atoms with Gasteiger partial charge in [-0.25, -0.2) is 10.2 Å². The minimum atomic E-state index is -0.659. The summed E-state index contributed by atoms with van der Waals surface area (Å²) >= 11 is 17.9. The van der Waals surface area contributed by atoms with Crippen molar-refractivity contribution in [2.24, 2.45) is 5.10 Å². The quantitative estimate of drug-likeness (QED) is 0.216. The summed E-state index contributed by atoms with van der Waals surface area (Å²) in [7, 11) is 1.43. The maximum atomic E-state index is 12.4. The van der Waals surface area contributed by atoms with Crippen LogP contribution in [0.2, 0.25) is 15.1 Å². The minimum absolute atomic E-state index is 0.168. The Hall–Kier alpha value is -3.06. The first-order valence-electron chi connectivity index (χ1n) is 8.82. The fourth-order valence-corrected chi connectivity index (χ4v) is 3.24. The zero-order chi connectivity index (χ0) is 22.4. The highest BCUT2D eigenvalue weighted by Gasteiger charge is 2.16. The van der Waals surface area contributed by atoms with Gasteiger partial charge in [0.05, 0.1) is 34.5 Å². The summed E-state index contributed by atoms with van der Waals surface area (Å²) < 4.78 is 10.7. The van der Waals surface area contributed by atoms with Gasteiger partial charge in [-0.2, -0.15) is 5.10 Å². The van der Waals surface area contributed by atoms with Gasteiger partial charge in [-0.15, -0.1) is 0 Å². The van der Waals surface area contributed by atoms with Crippen LogP contribution in [-0.4, -0.2) is 25.2 Å². The largest absolute Gasteiger partial charge is 0.493 e. The Morgan fingerprint density at radius 3 is 2.39 bits per heavy atom. The lowest BCUT2D eigenvalue weighted by molar-refractivity contribution is 0.0729. The molecule has 0 heterocycles. The van der Waals surface area contributed by atoms with Crippen molar-refractivity contribution in [2.45, 2.75) is 0 Å². The number of carbonyl (C=O) groups excluding carboxylic acids is 2. The van der Waals surface area contributed by atoms with Gasteiger partial charge in [-0.3, -0.25) is 4.79 Å². The molecule has 3 aromatic carbocycles. The number of halogens is 3. The predicted molar refractivity (Wildman–Crippen MR) is 121 cm³/mol. The van der Waals surface area contributed by atoms with Crippen LogP contribution in [0.1, 0.15) is 26.3 Å². The van der Waals surface area contributed by atoms with Crippen LogP contribution in [0, 0.1) is 0 Å². The molecule has 0 atom stereocenters. The van der Waals surface area contributed by atoms with E-state index in [4.69, 9.17) is 44.3 Å². The lowest BCUT2D eigenvalue weighted by atomic mass is 10.2. The Morgan fingerprint density at radius 2 is 1.68 bits per heavy atom. The molecule has 0 spiro atoms. The van der Waals surface area contributed by atoms with Crippen LogP contribution in [0.3, 0.4) is 0 Å². The second-order valence-corrected chi connectivity index (χ2v) is 7.35. The number of hydrogen-bond acceptors (Lipinski definition) is 5. The minimum Gasteiger partial charge on any atom is -0.493 e. The molecule has 0 saturated heterocycles. The van der Waals surface area contributed by atoms with Crippen molar-refractivity contribution >= 4 is 52.9 Å². The molecule has 3 rings (SSSR count). The second kappa shape index (κ2) is 10.3. The number of nitrogens with zero attached hydrogens (tertiary/aromatic N) is 1. The average molecular weight is 478 g/mol. The third kappa shape index (κ3) is 5.76. The molecular formula is C22H15Cl3N2O4. The molecule has 158 valence electrons. The molecule has 0 aliphatic rings. The summed E-state index contributed by atoms with van der Waals surface area (Å²) in [6, 6.07) is 15.9. The topological polar surface area (TPSA) is 77.0 Å². The number of methoxy groups -OCH3 is 1. The zero-order valence-corrected chi connectivity index (χ0v) is 18.3. The third-order valence-electron chi connectivity index (χ3n) is 4.04. The summed E-state index contributed by atoms with van der Waals surface area (Å²) in [4.78, 5) is 24.5. The Labute approximate surface area is 193 Å². The lowest BCUT2D eigenvalue weighted by Crippen LogP contribution is -2.17. The first kappa shape index (κ1) is 22.6. The maximum absolute atomic E-state index is 12.4. The molecule has 1 amide bonds. The standard InChI is InChI=1S/C22H15Cl3N2O4/c1-30-20-10-13(12-26-27-21(28)15-4-2-3-5-17(15)24)6-9-19(20)31-22(29)16-8-7-14(23)11-18(16)25/h2-12H,1H3,(H,27,28)/b26-12-. The summed E-state index contributed by atoms with van der Waals surface area (Å²) in [5, 5.41) is 4.82. The Kier molecular flexibility index (Phi) is 7.52. The summed E-state index contributed by atoms with van der Waals surface area (Å²) in [6.45, 7) is 0. The van der Waals surface area contributed by atoms with Gasteiger partial charge in [0.2, 0.25) is 0 Å². The summed E-state index contributed by atoms with van der Waals surface area (Å²) in [5.74, 6) is -0.622. The number of ether oxygens (including phenoxy) is 2. The molecule has 0 aromatic heterocycles. The molecule has 9 heteroatoms. The summed E-state index contributed by atoms with van der Waals surface area (Å²) in [6.07, 6.45) is 1.42. The number of esters is 1. The molecule has 31 heavy (non-hydrogen) atoms. The molecule has 0 unspecified atom stereocenters. The van der Waals surface area contributed by atoms with E-state index in [1.807, 2.05) is 0 Å². The van der Waals surface area contributed by atoms with Crippen LogP contribution in [0.4, 0.5) is 0 Å². The van der Waals surface area contributed by atoms with Gasteiger partial charge in [-0.1, -0.05) is 46.9 Å². The van der Waals surface area contributed by atoms with Gasteiger partial charge in [0.15, 0.2) is 11.5 Å². The lowest BCUT2D eigenvalue weighted by Gasteiger charge is -2.10. The van der Waals surface area contributed by atoms with Crippen molar-refractivity contribution in [3.63, 3.8) is 0 Å². The van der Waals surface area contributed by atoms with Crippen LogP contribution in [-0.2, 0) is 0 Å². The maximum Gasteiger partial charge on any atom is 0.345 e. The van der Waals surface area contributed by atoms with Crippen LogP contribution in [0.5, 0.6) is 11.5 Å². The molecule has 0 bridgehead atoms. The van der Waals surface area contributed by atoms with E-state index in [2.05, 4.69) is 10.5 Å². The van der Waals surface area contributed by atoms with Crippen molar-refractivity contribution in [3.05, 3.63) is 92.4 Å². The third-order valence-corrected chi connectivity index (χ3v) is 4.92. The van der Waals surface area contributed by atoms with Crippen LogP contribution in [0.25, 0.3) is 0 Å². The van der Waals surface area contributed by atoms with Gasteiger partial charge in [0, 0.05) is 5.02 Å². The van der Waals surface area contributed by atoms with Crippen molar-refractivity contribution in [2.75, 3.05) is 7.11 Å². The summed E-state index contributed by atoms with van der Waals surface area (Å²) in [5.41, 5.74) is 3.47. The van der Waals surface area contributed by atoms with Crippen LogP contribution >= 0.6 is 34.8 Å². The van der Waals surface area contributed by atoms with Gasteiger partial charge < -0.3 is 9.47 Å². The normalized spacial score (nSPS) is 10.7. The van der Waals surface area contributed by atoms with E-state index < -0.39 is 11.9 Å². The number of amides is 1. The molecule has 0 aliphatic carbocycles. The van der Waals surface area contributed by atoms with Crippen LogP contribution < -0.4 is 14.9 Å². The highest BCUT2D eigenvalue weighted by Crippen LogP contribution is 2.30. The Morgan fingerprint density at radius 1 is 0.903 bits per heavy atom. The molecule has 0 fully saturated rings. The molecular weight excluding hydrogens is 463 g/mol. The SMILES string of the molecule is COc1cc(/C=N\NC(=O)c2ccccc2Cl)ccc1OC(=O)c1ccc(Cl)cc1Cl. The van der Waals surface area contributed by atoms with E-state index >= 15 is 0 Å². The van der Waals surface area contributed by atoms with Crippen molar-refractivity contribution in [1.29, 1.82) is 0 Å². The fraction of sp³-hybridized carbons (Fsp3) is 0.0455. The van der Waals surface area contributed by atoms with Crippen LogP contribution in [0.15, 0.2) is 65.8 Å². The van der Waals surface area contributed by atoms with Gasteiger partial charge in [0.1, 0.15) is 0 Å². The van der Waals surface area contributed by atoms with Crippen molar-refractivity contribution in [1.82, 2.24) is 5.43 Å². The van der Waals surface area contributed by atoms with E-state index in [9.17, 15) is 9.59 Å². The van der Waals surface area contributed by atoms with Gasteiger partial charge in [0.25, 0.3) is 5.91 Å². The van der Waals surface area contributed by atoms with E-state index in [1.165, 1.54) is 37.6 Å². The highest BCUT2D eigenvalue weighted by molar-refractivity contribution is 6.36. The molecule has 1 N–H and O–H groups in total. The molecule has 0 radical (unpaired) electrons. The van der Waals surface area contributed by atoms with Crippen molar-refractivity contribution < 1.29 is 19.1 Å². The number of nitrogens with one attached hydrogen (secondary N) is 1. The highest BCUT2D eigenvalue weighted by atomic mass is 35.5. The fourth-order valence-electron chi connectivity index (χ4n) is 2.53. The van der Waals surface area contributed by atoms with E-state index in [-0.39, 0.29) is 16.3 Å². The van der Waals surface area contributed by atoms with Crippen molar-refractivity contribution in [3.8, 4) is 11.5 Å². The second-order valence-electron chi connectivity index (χ2n) is 6.10. The Bertz CT molecular complexity index is 1170. The van der Waals surface area contributed by atoms with Gasteiger partial charge >= 0.3 is 5.97 Å². The number of rotatable bonds is 6. The smallest absolute Gasteiger partial charge is 0.345 e. The monoisotopic (exact) mass is 476 g/mol. The van der Waals surface area contributed by atoms with E-state index in [0.29, 0.717) is 26.9 Å². The molecule has 3 aromatic rings. The first-order valence-corrected chi connectivity index (χ1v) is 9.95. The molecule has 0 saturated carbocycles. The first-order chi connectivity index (χ1) is 14.9. The number of hydrazone groups is 1. The van der Waals surface area contributed by atoms with Gasteiger partial charge in [-0.05, 0) is 54.1 Å². The average Bonchev–Trinajstić information content (AvgIpc) is 2.74. The number of benzene rings is 3. The number of carbonyl (C=O) groups is 2.